The molecule has 0 bridgehead atoms. The first-order valence-electron chi connectivity index (χ1n) is 11.3. The fourth-order valence-electron chi connectivity index (χ4n) is 5.26. The number of hydrogen-bond acceptors (Lipinski definition) is 1. The van der Waals surface area contributed by atoms with E-state index in [0.29, 0.717) is 16.9 Å². The van der Waals surface area contributed by atoms with Crippen LogP contribution in [0.1, 0.15) is 75.3 Å². The van der Waals surface area contributed by atoms with E-state index < -0.39 is 37.1 Å². The highest BCUT2D eigenvalue weighted by Crippen LogP contribution is 2.55. The van der Waals surface area contributed by atoms with Gasteiger partial charge in [-0.3, -0.25) is 4.57 Å². The number of aromatic nitrogens is 2. The Kier molecular flexibility index (Phi) is 6.90. The summed E-state index contributed by atoms with van der Waals surface area (Å²) >= 11 is 0. The maximum absolute atomic E-state index is 13.9. The minimum atomic E-state index is -4.91. The van der Waals surface area contributed by atoms with Crippen LogP contribution < -0.4 is 5.57 Å². The van der Waals surface area contributed by atoms with Gasteiger partial charge in [-0.25, -0.2) is 4.98 Å². The molecule has 0 N–H and O–H groups in total. The molecule has 0 spiro atoms. The molecule has 2 fully saturated rings. The lowest BCUT2D eigenvalue weighted by Gasteiger charge is -2.38. The lowest BCUT2D eigenvalue weighted by Crippen LogP contribution is -2.32. The van der Waals surface area contributed by atoms with Crippen molar-refractivity contribution in [1.82, 2.24) is 9.55 Å². The van der Waals surface area contributed by atoms with E-state index in [4.69, 9.17) is 0 Å². The number of nitrogens with zero attached hydrogens (tertiary/aromatic N) is 2. The number of imidazole rings is 1. The van der Waals surface area contributed by atoms with Crippen LogP contribution in [0, 0.1) is 0 Å². The van der Waals surface area contributed by atoms with Crippen molar-refractivity contribution >= 4 is 13.5 Å². The summed E-state index contributed by atoms with van der Waals surface area (Å²) < 4.78 is 84.3. The third kappa shape index (κ3) is 4.85. The van der Waals surface area contributed by atoms with Crippen molar-refractivity contribution in [2.24, 2.45) is 0 Å². The molecule has 0 aliphatic heterocycles. The summed E-state index contributed by atoms with van der Waals surface area (Å²) in [7, 11) is -0.979. The fourth-order valence-corrected chi connectivity index (χ4v) is 8.97. The molecule has 9 heteroatoms. The van der Waals surface area contributed by atoms with Gasteiger partial charge in [0, 0.05) is 12.4 Å². The highest BCUT2D eigenvalue weighted by Gasteiger charge is 2.43. The Labute approximate surface area is 185 Å². The molecule has 0 radical (unpaired) electrons. The molecule has 176 valence electrons. The van der Waals surface area contributed by atoms with Gasteiger partial charge >= 0.3 is 12.4 Å². The molecule has 32 heavy (non-hydrogen) atoms. The van der Waals surface area contributed by atoms with Gasteiger partial charge in [0.2, 0.25) is 0 Å². The summed E-state index contributed by atoms with van der Waals surface area (Å²) in [5.74, 6) is 0. The fraction of sp³-hybridized carbons (Fsp3) is 0.609. The molecule has 0 unspecified atom stereocenters. The van der Waals surface area contributed by atoms with E-state index in [2.05, 4.69) is 4.98 Å². The highest BCUT2D eigenvalue weighted by atomic mass is 31.1. The summed E-state index contributed by atoms with van der Waals surface area (Å²) in [6.07, 6.45) is 3.24. The molecule has 0 amide bonds. The summed E-state index contributed by atoms with van der Waals surface area (Å²) in [5, 5.41) is 0. The third-order valence-electron chi connectivity index (χ3n) is 6.68. The van der Waals surface area contributed by atoms with E-state index in [1.807, 2.05) is 0 Å². The van der Waals surface area contributed by atoms with Gasteiger partial charge in [0.05, 0.1) is 16.8 Å². The summed E-state index contributed by atoms with van der Waals surface area (Å²) in [6, 6.07) is 2.30. The van der Waals surface area contributed by atoms with Crippen molar-refractivity contribution in [2.45, 2.75) is 87.9 Å². The van der Waals surface area contributed by atoms with E-state index >= 15 is 0 Å². The molecule has 4 rings (SSSR count). The molecule has 1 aromatic carbocycles. The number of rotatable bonds is 4. The first-order chi connectivity index (χ1) is 15.2. The Morgan fingerprint density at radius 1 is 0.750 bits per heavy atom. The quantitative estimate of drug-likeness (QED) is 0.327. The standard InChI is InChI=1S/C23H27F6N2P/c24-22(25,26)18-12-7-13-19(23(27,28)29)20(18)31-15-14-30-21(31)32(16-8-3-1-4-9-16)17-10-5-2-6-11-17/h7,12-17H,1-6,8-11H2. The van der Waals surface area contributed by atoms with Crippen LogP contribution in [-0.4, -0.2) is 20.9 Å². The van der Waals surface area contributed by atoms with Gasteiger partial charge in [-0.2, -0.15) is 26.3 Å². The second-order valence-corrected chi connectivity index (χ2v) is 11.5. The van der Waals surface area contributed by atoms with Crippen LogP contribution in [0.5, 0.6) is 0 Å². The first-order valence-corrected chi connectivity index (χ1v) is 12.8. The molecule has 2 saturated carbocycles. The molecule has 2 aromatic rings. The molecule has 2 aliphatic carbocycles. The molecular weight excluding hydrogens is 449 g/mol. The lowest BCUT2D eigenvalue weighted by molar-refractivity contribution is -0.142. The Morgan fingerprint density at radius 2 is 1.22 bits per heavy atom. The summed E-state index contributed by atoms with van der Waals surface area (Å²) in [6.45, 7) is 0. The van der Waals surface area contributed by atoms with Gasteiger partial charge in [0.15, 0.2) is 0 Å². The number of para-hydroxylation sites is 1. The number of benzene rings is 1. The van der Waals surface area contributed by atoms with E-state index in [1.54, 1.807) is 0 Å². The van der Waals surface area contributed by atoms with Crippen molar-refractivity contribution in [3.8, 4) is 5.69 Å². The van der Waals surface area contributed by atoms with Crippen LogP contribution >= 0.6 is 7.92 Å². The van der Waals surface area contributed by atoms with E-state index in [1.165, 1.54) is 12.4 Å². The summed E-state index contributed by atoms with van der Waals surface area (Å²) in [5.41, 5.74) is -2.35. The van der Waals surface area contributed by atoms with Gasteiger partial charge in [0.1, 0.15) is 5.57 Å². The van der Waals surface area contributed by atoms with Crippen LogP contribution in [0.15, 0.2) is 30.6 Å². The SMILES string of the molecule is FC(F)(F)c1cccc(C(F)(F)F)c1-n1ccnc1P(C1CCCCC1)C1CCCCC1. The topological polar surface area (TPSA) is 17.8 Å². The Balaban J connectivity index is 1.88. The van der Waals surface area contributed by atoms with Crippen LogP contribution in [0.2, 0.25) is 0 Å². The van der Waals surface area contributed by atoms with Crippen molar-refractivity contribution in [3.63, 3.8) is 0 Å². The molecule has 0 atom stereocenters. The average Bonchev–Trinajstić information content (AvgIpc) is 3.23. The predicted molar refractivity (Wildman–Crippen MR) is 114 cm³/mol. The maximum Gasteiger partial charge on any atom is 0.418 e. The van der Waals surface area contributed by atoms with Gasteiger partial charge in [-0.05, 0) is 57.1 Å². The van der Waals surface area contributed by atoms with Crippen molar-refractivity contribution < 1.29 is 26.3 Å². The minimum absolute atomic E-state index is 0.301. The monoisotopic (exact) mass is 476 g/mol. The highest BCUT2D eigenvalue weighted by molar-refractivity contribution is 7.66. The van der Waals surface area contributed by atoms with Gasteiger partial charge in [-0.15, -0.1) is 0 Å². The molecular formula is C23H27F6N2P. The van der Waals surface area contributed by atoms with E-state index in [9.17, 15) is 26.3 Å². The number of alkyl halides is 6. The third-order valence-corrected chi connectivity index (χ3v) is 10.1. The zero-order valence-electron chi connectivity index (χ0n) is 17.7. The van der Waals surface area contributed by atoms with E-state index in [-0.39, 0.29) is 0 Å². The molecule has 1 heterocycles. The largest absolute Gasteiger partial charge is 0.418 e. The normalized spacial score (nSPS) is 19.6. The van der Waals surface area contributed by atoms with Crippen LogP contribution in [0.25, 0.3) is 5.69 Å². The smallest absolute Gasteiger partial charge is 0.299 e. The zero-order valence-corrected chi connectivity index (χ0v) is 18.6. The Morgan fingerprint density at radius 3 is 1.66 bits per heavy atom. The van der Waals surface area contributed by atoms with Crippen LogP contribution in [-0.2, 0) is 12.4 Å². The van der Waals surface area contributed by atoms with Crippen molar-refractivity contribution in [3.05, 3.63) is 41.7 Å². The first kappa shape index (κ1) is 23.6. The van der Waals surface area contributed by atoms with Gasteiger partial charge in [-0.1, -0.05) is 44.6 Å². The minimum Gasteiger partial charge on any atom is -0.299 e. The molecule has 2 aliphatic rings. The lowest BCUT2D eigenvalue weighted by atomic mass is 9.99. The summed E-state index contributed by atoms with van der Waals surface area (Å²) in [4.78, 5) is 4.45. The zero-order chi connectivity index (χ0) is 22.9. The predicted octanol–water partition coefficient (Wildman–Crippen LogP) is 7.68. The van der Waals surface area contributed by atoms with E-state index in [0.717, 1.165) is 87.0 Å². The molecule has 2 nitrogen and oxygen atoms in total. The van der Waals surface area contributed by atoms with Crippen molar-refractivity contribution in [2.75, 3.05) is 0 Å². The van der Waals surface area contributed by atoms with Crippen molar-refractivity contribution in [1.29, 1.82) is 0 Å². The Bertz CT molecular complexity index is 858. The average molecular weight is 476 g/mol. The maximum atomic E-state index is 13.9. The van der Waals surface area contributed by atoms with Gasteiger partial charge in [0.25, 0.3) is 0 Å². The number of hydrogen-bond donors (Lipinski definition) is 0. The molecule has 0 saturated heterocycles. The molecule has 1 aromatic heterocycles. The van der Waals surface area contributed by atoms with Gasteiger partial charge < -0.3 is 0 Å². The van der Waals surface area contributed by atoms with Crippen LogP contribution in [0.3, 0.4) is 0 Å². The second-order valence-electron chi connectivity index (χ2n) is 8.79. The second kappa shape index (κ2) is 9.36. The van der Waals surface area contributed by atoms with Crippen LogP contribution in [0.4, 0.5) is 26.3 Å². The Hall–Kier alpha value is -1.56. The number of halogens is 6.